The molecule has 1 N–H and O–H groups in total. The average Bonchev–Trinajstić information content (AvgIpc) is 2.64. The number of thioether (sulfide) groups is 1. The van der Waals surface area contributed by atoms with Crippen molar-refractivity contribution in [3.63, 3.8) is 0 Å². The molecule has 4 nitrogen and oxygen atoms in total. The van der Waals surface area contributed by atoms with E-state index in [1.807, 2.05) is 0 Å². The molecular weight excluding hydrogens is 272 g/mol. The molecule has 0 bridgehead atoms. The molecule has 0 aromatic carbocycles. The van der Waals surface area contributed by atoms with Crippen molar-refractivity contribution < 1.29 is 9.90 Å². The molecule has 1 aromatic heterocycles. The lowest BCUT2D eigenvalue weighted by atomic mass is 10.1. The van der Waals surface area contributed by atoms with Gasteiger partial charge in [-0.15, -0.1) is 0 Å². The van der Waals surface area contributed by atoms with Crippen molar-refractivity contribution in [1.82, 2.24) is 9.78 Å². The predicted octanol–water partition coefficient (Wildman–Crippen LogP) is 4.08. The standard InChI is InChI=1S/C15H24N2O2S/c1-11(2)13-9-14(20-10-15(18)19)17(16-13)12-7-5-3-4-6-8-12/h9,11-12H,3-8,10H2,1-2H3,(H,18,19). The van der Waals surface area contributed by atoms with E-state index < -0.39 is 5.97 Å². The van der Waals surface area contributed by atoms with E-state index in [9.17, 15) is 4.79 Å². The third-order valence-corrected chi connectivity index (χ3v) is 4.82. The van der Waals surface area contributed by atoms with Crippen molar-refractivity contribution in [2.45, 2.75) is 69.4 Å². The van der Waals surface area contributed by atoms with Gasteiger partial charge < -0.3 is 5.11 Å². The summed E-state index contributed by atoms with van der Waals surface area (Å²) in [7, 11) is 0. The maximum absolute atomic E-state index is 10.8. The molecule has 1 fully saturated rings. The smallest absolute Gasteiger partial charge is 0.313 e. The average molecular weight is 296 g/mol. The number of hydrogen-bond acceptors (Lipinski definition) is 3. The van der Waals surface area contributed by atoms with Crippen molar-refractivity contribution in [3.8, 4) is 0 Å². The topological polar surface area (TPSA) is 55.1 Å². The van der Waals surface area contributed by atoms with Gasteiger partial charge in [-0.25, -0.2) is 0 Å². The zero-order valence-corrected chi connectivity index (χ0v) is 13.2. The molecule has 0 radical (unpaired) electrons. The first-order valence-corrected chi connectivity index (χ1v) is 8.50. The Labute approximate surface area is 124 Å². The fourth-order valence-electron chi connectivity index (χ4n) is 2.68. The van der Waals surface area contributed by atoms with Crippen LogP contribution in [0, 0.1) is 0 Å². The highest BCUT2D eigenvalue weighted by atomic mass is 32.2. The molecule has 1 saturated carbocycles. The summed E-state index contributed by atoms with van der Waals surface area (Å²) in [5.41, 5.74) is 1.07. The summed E-state index contributed by atoms with van der Waals surface area (Å²) in [6.07, 6.45) is 7.47. The molecule has 0 unspecified atom stereocenters. The van der Waals surface area contributed by atoms with Gasteiger partial charge in [-0.3, -0.25) is 9.48 Å². The second kappa shape index (κ2) is 7.16. The Morgan fingerprint density at radius 1 is 1.40 bits per heavy atom. The van der Waals surface area contributed by atoms with Crippen molar-refractivity contribution in [3.05, 3.63) is 11.8 Å². The van der Waals surface area contributed by atoms with Gasteiger partial charge in [-0.05, 0) is 24.8 Å². The van der Waals surface area contributed by atoms with Crippen LogP contribution in [0.5, 0.6) is 0 Å². The monoisotopic (exact) mass is 296 g/mol. The summed E-state index contributed by atoms with van der Waals surface area (Å²) in [6, 6.07) is 2.52. The second-order valence-electron chi connectivity index (χ2n) is 5.83. The zero-order valence-electron chi connectivity index (χ0n) is 12.3. The Morgan fingerprint density at radius 2 is 2.05 bits per heavy atom. The van der Waals surface area contributed by atoms with Crippen LogP contribution in [-0.2, 0) is 4.79 Å². The molecule has 5 heteroatoms. The van der Waals surface area contributed by atoms with Crippen LogP contribution in [0.3, 0.4) is 0 Å². The molecule has 0 amide bonds. The number of carboxylic acid groups (broad SMARTS) is 1. The summed E-state index contributed by atoms with van der Waals surface area (Å²) in [6.45, 7) is 4.26. The molecule has 20 heavy (non-hydrogen) atoms. The molecular formula is C15H24N2O2S. The molecule has 0 saturated heterocycles. The molecule has 1 aromatic rings. The third-order valence-electron chi connectivity index (χ3n) is 3.83. The van der Waals surface area contributed by atoms with Gasteiger partial charge in [0.25, 0.3) is 0 Å². The first-order chi connectivity index (χ1) is 9.58. The summed E-state index contributed by atoms with van der Waals surface area (Å²) in [5, 5.41) is 14.7. The molecule has 0 spiro atoms. The normalized spacial score (nSPS) is 17.4. The van der Waals surface area contributed by atoms with Gasteiger partial charge in [-0.1, -0.05) is 51.3 Å². The summed E-state index contributed by atoms with van der Waals surface area (Å²) < 4.78 is 2.11. The summed E-state index contributed by atoms with van der Waals surface area (Å²) >= 11 is 1.39. The Balaban J connectivity index is 2.20. The highest BCUT2D eigenvalue weighted by molar-refractivity contribution is 7.99. The van der Waals surface area contributed by atoms with Gasteiger partial charge in [0, 0.05) is 0 Å². The minimum absolute atomic E-state index is 0.107. The van der Waals surface area contributed by atoms with E-state index in [1.165, 1.54) is 50.3 Å². The minimum Gasteiger partial charge on any atom is -0.481 e. The lowest BCUT2D eigenvalue weighted by Crippen LogP contribution is -2.12. The zero-order chi connectivity index (χ0) is 14.5. The van der Waals surface area contributed by atoms with Gasteiger partial charge in [0.1, 0.15) is 0 Å². The van der Waals surface area contributed by atoms with E-state index in [0.29, 0.717) is 12.0 Å². The van der Waals surface area contributed by atoms with Crippen molar-refractivity contribution >= 4 is 17.7 Å². The molecule has 1 heterocycles. The van der Waals surface area contributed by atoms with Crippen LogP contribution in [0.25, 0.3) is 0 Å². The predicted molar refractivity (Wildman–Crippen MR) is 81.4 cm³/mol. The summed E-state index contributed by atoms with van der Waals surface area (Å²) in [4.78, 5) is 10.8. The number of carboxylic acids is 1. The maximum atomic E-state index is 10.8. The van der Waals surface area contributed by atoms with E-state index in [-0.39, 0.29) is 5.75 Å². The van der Waals surface area contributed by atoms with Crippen LogP contribution in [0.1, 0.15) is 70.0 Å². The van der Waals surface area contributed by atoms with E-state index in [2.05, 4.69) is 24.6 Å². The first kappa shape index (κ1) is 15.4. The number of aromatic nitrogens is 2. The van der Waals surface area contributed by atoms with Crippen LogP contribution in [0.4, 0.5) is 0 Å². The number of rotatable bonds is 5. The van der Waals surface area contributed by atoms with Gasteiger partial charge >= 0.3 is 5.97 Å². The quantitative estimate of drug-likeness (QED) is 0.657. The van der Waals surface area contributed by atoms with Crippen LogP contribution in [0.15, 0.2) is 11.1 Å². The van der Waals surface area contributed by atoms with Crippen molar-refractivity contribution in [1.29, 1.82) is 0 Å². The Bertz CT molecular complexity index is 449. The van der Waals surface area contributed by atoms with Crippen LogP contribution < -0.4 is 0 Å². The van der Waals surface area contributed by atoms with E-state index >= 15 is 0 Å². The maximum Gasteiger partial charge on any atom is 0.313 e. The van der Waals surface area contributed by atoms with Gasteiger partial charge in [0.2, 0.25) is 0 Å². The number of aliphatic carboxylic acids is 1. The van der Waals surface area contributed by atoms with Gasteiger partial charge in [-0.2, -0.15) is 5.10 Å². The fourth-order valence-corrected chi connectivity index (χ4v) is 3.48. The van der Waals surface area contributed by atoms with E-state index in [0.717, 1.165) is 10.7 Å². The fraction of sp³-hybridized carbons (Fsp3) is 0.733. The minimum atomic E-state index is -0.769. The molecule has 112 valence electrons. The molecule has 2 rings (SSSR count). The SMILES string of the molecule is CC(C)c1cc(SCC(=O)O)n(C2CCCCCC2)n1. The number of carbonyl (C=O) groups is 1. The van der Waals surface area contributed by atoms with Crippen LogP contribution in [0.2, 0.25) is 0 Å². The lowest BCUT2D eigenvalue weighted by Gasteiger charge is -2.17. The number of nitrogens with zero attached hydrogens (tertiary/aromatic N) is 2. The Morgan fingerprint density at radius 3 is 2.60 bits per heavy atom. The van der Waals surface area contributed by atoms with E-state index in [1.54, 1.807) is 0 Å². The van der Waals surface area contributed by atoms with Crippen LogP contribution >= 0.6 is 11.8 Å². The van der Waals surface area contributed by atoms with Gasteiger partial charge in [0.05, 0.1) is 22.5 Å². The van der Waals surface area contributed by atoms with Gasteiger partial charge in [0.15, 0.2) is 0 Å². The molecule has 1 aliphatic carbocycles. The molecule has 0 aliphatic heterocycles. The van der Waals surface area contributed by atoms with Crippen molar-refractivity contribution in [2.75, 3.05) is 5.75 Å². The molecule has 1 aliphatic rings. The highest BCUT2D eigenvalue weighted by Gasteiger charge is 2.20. The Hall–Kier alpha value is -0.970. The largest absolute Gasteiger partial charge is 0.481 e. The Kier molecular flexibility index (Phi) is 5.52. The molecule has 0 atom stereocenters. The lowest BCUT2D eigenvalue weighted by molar-refractivity contribution is -0.133. The first-order valence-electron chi connectivity index (χ1n) is 7.52. The summed E-state index contributed by atoms with van der Waals surface area (Å²) in [5.74, 6) is -0.281. The van der Waals surface area contributed by atoms with E-state index in [4.69, 9.17) is 10.2 Å². The number of hydrogen-bond donors (Lipinski definition) is 1. The second-order valence-corrected chi connectivity index (χ2v) is 6.83. The third kappa shape index (κ3) is 4.01. The van der Waals surface area contributed by atoms with Crippen molar-refractivity contribution in [2.24, 2.45) is 0 Å². The van der Waals surface area contributed by atoms with Crippen LogP contribution in [-0.4, -0.2) is 26.6 Å². The highest BCUT2D eigenvalue weighted by Crippen LogP contribution is 2.32.